The highest BCUT2D eigenvalue weighted by Gasteiger charge is 2.33. The Kier molecular flexibility index (Phi) is 4.07. The third-order valence-corrected chi connectivity index (χ3v) is 4.65. The van der Waals surface area contributed by atoms with E-state index in [1.165, 1.54) is 5.56 Å². The molecule has 0 radical (unpaired) electrons. The number of benzene rings is 1. The molecule has 0 amide bonds. The van der Waals surface area contributed by atoms with Crippen LogP contribution in [-0.2, 0) is 4.79 Å². The van der Waals surface area contributed by atoms with E-state index in [9.17, 15) is 4.79 Å². The van der Waals surface area contributed by atoms with Crippen LogP contribution in [0.1, 0.15) is 24.9 Å². The van der Waals surface area contributed by atoms with E-state index in [0.717, 1.165) is 6.42 Å². The van der Waals surface area contributed by atoms with E-state index in [2.05, 4.69) is 24.4 Å². The molecular weight excluding hydrogens is 234 g/mol. The molecule has 0 saturated carbocycles. The van der Waals surface area contributed by atoms with Crippen molar-refractivity contribution >= 4 is 17.7 Å². The summed E-state index contributed by atoms with van der Waals surface area (Å²) < 4.78 is 0. The van der Waals surface area contributed by atoms with Gasteiger partial charge in [0.1, 0.15) is 6.04 Å². The SMILES string of the molecule is CCC1SCC(C(=O)O)NC1c1ccccc1. The molecule has 2 N–H and O–H groups in total. The van der Waals surface area contributed by atoms with Crippen LogP contribution in [0.15, 0.2) is 30.3 Å². The number of nitrogens with one attached hydrogen (secondary N) is 1. The summed E-state index contributed by atoms with van der Waals surface area (Å²) in [5.74, 6) is -0.107. The summed E-state index contributed by atoms with van der Waals surface area (Å²) in [6, 6.07) is 9.80. The molecule has 1 fully saturated rings. The lowest BCUT2D eigenvalue weighted by Gasteiger charge is -2.35. The minimum Gasteiger partial charge on any atom is -0.480 e. The van der Waals surface area contributed by atoms with E-state index in [-0.39, 0.29) is 6.04 Å². The summed E-state index contributed by atoms with van der Waals surface area (Å²) >= 11 is 1.76. The van der Waals surface area contributed by atoms with Gasteiger partial charge in [0.05, 0.1) is 0 Å². The monoisotopic (exact) mass is 251 g/mol. The maximum Gasteiger partial charge on any atom is 0.321 e. The van der Waals surface area contributed by atoms with Crippen LogP contribution in [0.4, 0.5) is 0 Å². The lowest BCUT2D eigenvalue weighted by molar-refractivity contribution is -0.139. The largest absolute Gasteiger partial charge is 0.480 e. The summed E-state index contributed by atoms with van der Waals surface area (Å²) in [6.07, 6.45) is 1.05. The van der Waals surface area contributed by atoms with Crippen LogP contribution in [0.2, 0.25) is 0 Å². The Morgan fingerprint density at radius 1 is 1.47 bits per heavy atom. The third-order valence-electron chi connectivity index (χ3n) is 3.09. The second-order valence-corrected chi connectivity index (χ2v) is 5.50. The van der Waals surface area contributed by atoms with E-state index < -0.39 is 12.0 Å². The van der Waals surface area contributed by atoms with Gasteiger partial charge in [-0.15, -0.1) is 0 Å². The molecule has 2 rings (SSSR count). The Labute approximate surface area is 106 Å². The molecule has 0 aromatic heterocycles. The van der Waals surface area contributed by atoms with Crippen LogP contribution in [0.25, 0.3) is 0 Å². The van der Waals surface area contributed by atoms with Gasteiger partial charge in [0.15, 0.2) is 0 Å². The quantitative estimate of drug-likeness (QED) is 0.865. The van der Waals surface area contributed by atoms with Gasteiger partial charge < -0.3 is 5.11 Å². The van der Waals surface area contributed by atoms with E-state index in [4.69, 9.17) is 5.11 Å². The highest BCUT2D eigenvalue weighted by Crippen LogP contribution is 2.33. The first-order chi connectivity index (χ1) is 8.22. The highest BCUT2D eigenvalue weighted by molar-refractivity contribution is 8.00. The second kappa shape index (κ2) is 5.56. The number of hydrogen-bond acceptors (Lipinski definition) is 3. The molecular formula is C13H17NO2S. The Balaban J connectivity index is 2.18. The molecule has 3 nitrogen and oxygen atoms in total. The summed E-state index contributed by atoms with van der Waals surface area (Å²) in [5.41, 5.74) is 1.18. The number of thioether (sulfide) groups is 1. The maximum atomic E-state index is 11.1. The fraction of sp³-hybridized carbons (Fsp3) is 0.462. The van der Waals surface area contributed by atoms with E-state index in [1.807, 2.05) is 18.2 Å². The predicted molar refractivity (Wildman–Crippen MR) is 70.3 cm³/mol. The minimum atomic E-state index is -0.756. The Morgan fingerprint density at radius 3 is 2.76 bits per heavy atom. The van der Waals surface area contributed by atoms with E-state index in [1.54, 1.807) is 11.8 Å². The number of hydrogen-bond donors (Lipinski definition) is 2. The average Bonchev–Trinajstić information content (AvgIpc) is 2.39. The zero-order chi connectivity index (χ0) is 12.3. The first-order valence-corrected chi connectivity index (χ1v) is 6.92. The van der Waals surface area contributed by atoms with Crippen LogP contribution in [0.3, 0.4) is 0 Å². The van der Waals surface area contributed by atoms with Gasteiger partial charge in [-0.05, 0) is 12.0 Å². The summed E-state index contributed by atoms with van der Waals surface area (Å²) in [7, 11) is 0. The van der Waals surface area contributed by atoms with Crippen molar-refractivity contribution in [2.45, 2.75) is 30.7 Å². The number of aliphatic carboxylic acids is 1. The van der Waals surface area contributed by atoms with Gasteiger partial charge in [0, 0.05) is 17.0 Å². The standard InChI is InChI=1S/C13H17NO2S/c1-2-11-12(9-6-4-3-5-7-9)14-10(8-17-11)13(15)16/h3-7,10-12,14H,2,8H2,1H3,(H,15,16). The lowest BCUT2D eigenvalue weighted by Crippen LogP contribution is -2.48. The first-order valence-electron chi connectivity index (χ1n) is 5.87. The van der Waals surface area contributed by atoms with Crippen molar-refractivity contribution in [3.8, 4) is 0 Å². The molecule has 17 heavy (non-hydrogen) atoms. The van der Waals surface area contributed by atoms with Gasteiger partial charge in [-0.25, -0.2) is 0 Å². The van der Waals surface area contributed by atoms with E-state index in [0.29, 0.717) is 11.0 Å². The summed E-state index contributed by atoms with van der Waals surface area (Å²) in [4.78, 5) is 11.1. The predicted octanol–water partition coefficient (Wildman–Crippen LogP) is 2.30. The number of carbonyl (C=O) groups is 1. The molecule has 0 spiro atoms. The molecule has 1 heterocycles. The normalized spacial score (nSPS) is 28.9. The lowest BCUT2D eigenvalue weighted by atomic mass is 10.0. The number of carboxylic acid groups (broad SMARTS) is 1. The number of rotatable bonds is 3. The maximum absolute atomic E-state index is 11.1. The Bertz CT molecular complexity index is 382. The Morgan fingerprint density at radius 2 is 2.18 bits per heavy atom. The van der Waals surface area contributed by atoms with Crippen LogP contribution in [0, 0.1) is 0 Å². The first kappa shape index (κ1) is 12.5. The molecule has 1 aliphatic rings. The molecule has 1 aromatic carbocycles. The van der Waals surface area contributed by atoms with Gasteiger partial charge >= 0.3 is 5.97 Å². The van der Waals surface area contributed by atoms with Crippen molar-refractivity contribution < 1.29 is 9.90 Å². The summed E-state index contributed by atoms with van der Waals surface area (Å²) in [5, 5.41) is 12.8. The molecule has 1 aliphatic heterocycles. The van der Waals surface area contributed by atoms with Gasteiger partial charge in [-0.1, -0.05) is 37.3 Å². The fourth-order valence-electron chi connectivity index (χ4n) is 2.16. The van der Waals surface area contributed by atoms with Crippen molar-refractivity contribution in [1.82, 2.24) is 5.32 Å². The minimum absolute atomic E-state index is 0.140. The van der Waals surface area contributed by atoms with Crippen LogP contribution in [0.5, 0.6) is 0 Å². The number of carboxylic acids is 1. The molecule has 1 saturated heterocycles. The summed E-state index contributed by atoms with van der Waals surface area (Å²) in [6.45, 7) is 2.15. The van der Waals surface area contributed by atoms with Gasteiger partial charge in [-0.2, -0.15) is 11.8 Å². The Hall–Kier alpha value is -1.00. The van der Waals surface area contributed by atoms with Crippen LogP contribution < -0.4 is 5.32 Å². The van der Waals surface area contributed by atoms with Crippen molar-refractivity contribution in [2.75, 3.05) is 5.75 Å². The van der Waals surface area contributed by atoms with Crippen molar-refractivity contribution in [3.63, 3.8) is 0 Å². The van der Waals surface area contributed by atoms with Gasteiger partial charge in [0.2, 0.25) is 0 Å². The molecule has 3 atom stereocenters. The van der Waals surface area contributed by atoms with Crippen molar-refractivity contribution in [3.05, 3.63) is 35.9 Å². The van der Waals surface area contributed by atoms with Crippen LogP contribution in [-0.4, -0.2) is 28.1 Å². The van der Waals surface area contributed by atoms with Gasteiger partial charge in [-0.3, -0.25) is 10.1 Å². The second-order valence-electron chi connectivity index (χ2n) is 4.23. The van der Waals surface area contributed by atoms with E-state index >= 15 is 0 Å². The smallest absolute Gasteiger partial charge is 0.321 e. The van der Waals surface area contributed by atoms with Gasteiger partial charge in [0.25, 0.3) is 0 Å². The molecule has 92 valence electrons. The highest BCUT2D eigenvalue weighted by atomic mass is 32.2. The molecule has 0 aliphatic carbocycles. The topological polar surface area (TPSA) is 49.3 Å². The van der Waals surface area contributed by atoms with Crippen LogP contribution >= 0.6 is 11.8 Å². The van der Waals surface area contributed by atoms with Crippen molar-refractivity contribution in [2.24, 2.45) is 0 Å². The average molecular weight is 251 g/mol. The zero-order valence-corrected chi connectivity index (χ0v) is 10.6. The fourth-order valence-corrected chi connectivity index (χ4v) is 3.50. The molecule has 4 heteroatoms. The van der Waals surface area contributed by atoms with Crippen molar-refractivity contribution in [1.29, 1.82) is 0 Å². The molecule has 1 aromatic rings. The molecule has 3 unspecified atom stereocenters. The zero-order valence-electron chi connectivity index (χ0n) is 9.80. The third kappa shape index (κ3) is 2.82. The molecule has 0 bridgehead atoms.